The minimum atomic E-state index is -3.43. The van der Waals surface area contributed by atoms with Gasteiger partial charge in [-0.15, -0.1) is 0 Å². The van der Waals surface area contributed by atoms with E-state index < -0.39 is 10.0 Å². The summed E-state index contributed by atoms with van der Waals surface area (Å²) in [5.74, 6) is 1.47. The summed E-state index contributed by atoms with van der Waals surface area (Å²) in [5.41, 5.74) is 0.619. The third-order valence-corrected chi connectivity index (χ3v) is 5.43. The maximum atomic E-state index is 12.3. The van der Waals surface area contributed by atoms with E-state index in [1.54, 1.807) is 25.1 Å². The van der Waals surface area contributed by atoms with Crippen molar-refractivity contribution >= 4 is 10.0 Å². The van der Waals surface area contributed by atoms with Crippen LogP contribution in [0.3, 0.4) is 0 Å². The highest BCUT2D eigenvalue weighted by atomic mass is 32.2. The third-order valence-electron chi connectivity index (χ3n) is 4.21. The van der Waals surface area contributed by atoms with E-state index in [0.29, 0.717) is 42.7 Å². The summed E-state index contributed by atoms with van der Waals surface area (Å²) in [6.07, 6.45) is 2.07. The summed E-state index contributed by atoms with van der Waals surface area (Å²) in [5, 5.41) is 3.77. The molecule has 148 valence electrons. The van der Waals surface area contributed by atoms with Gasteiger partial charge in [-0.05, 0) is 32.8 Å². The molecule has 10 heteroatoms. The second-order valence-electron chi connectivity index (χ2n) is 6.46. The summed E-state index contributed by atoms with van der Waals surface area (Å²) >= 11 is 0. The van der Waals surface area contributed by atoms with Crippen molar-refractivity contribution in [3.8, 4) is 5.88 Å². The summed E-state index contributed by atoms with van der Waals surface area (Å²) in [7, 11) is -3.43. The van der Waals surface area contributed by atoms with Crippen molar-refractivity contribution in [1.29, 1.82) is 0 Å². The summed E-state index contributed by atoms with van der Waals surface area (Å²) in [6.45, 7) is 4.51. The van der Waals surface area contributed by atoms with Gasteiger partial charge in [0.25, 0.3) is 5.89 Å². The van der Waals surface area contributed by atoms with Gasteiger partial charge in [0.2, 0.25) is 15.9 Å². The monoisotopic (exact) mass is 396 g/mol. The third kappa shape index (κ3) is 5.24. The lowest BCUT2D eigenvalue weighted by Gasteiger charge is -2.23. The predicted octanol–water partition coefficient (Wildman–Crippen LogP) is 1.85. The minimum absolute atomic E-state index is 0.157. The van der Waals surface area contributed by atoms with Gasteiger partial charge in [0.15, 0.2) is 5.82 Å². The fourth-order valence-corrected chi connectivity index (χ4v) is 3.77. The molecule has 0 aromatic carbocycles. The molecule has 3 heterocycles. The average molecular weight is 396 g/mol. The largest absolute Gasteiger partial charge is 0.478 e. The van der Waals surface area contributed by atoms with Crippen LogP contribution in [0.15, 0.2) is 22.7 Å². The first kappa shape index (κ1) is 19.7. The number of aromatic nitrogens is 3. The van der Waals surface area contributed by atoms with Gasteiger partial charge in [-0.25, -0.2) is 13.4 Å². The Kier molecular flexibility index (Phi) is 6.08. The van der Waals surface area contributed by atoms with Crippen molar-refractivity contribution < 1.29 is 22.4 Å². The molecule has 1 saturated heterocycles. The number of aryl methyl sites for hydroxylation is 1. The van der Waals surface area contributed by atoms with Crippen molar-refractivity contribution in [2.24, 2.45) is 0 Å². The summed E-state index contributed by atoms with van der Waals surface area (Å²) < 4.78 is 42.4. The van der Waals surface area contributed by atoms with Crippen LogP contribution in [0.5, 0.6) is 5.88 Å². The Balaban J connectivity index is 1.67. The highest BCUT2D eigenvalue weighted by Crippen LogP contribution is 2.32. The number of rotatable bonds is 8. The maximum absolute atomic E-state index is 12.3. The molecule has 2 aromatic rings. The van der Waals surface area contributed by atoms with Gasteiger partial charge in [-0.3, -0.25) is 0 Å². The highest BCUT2D eigenvalue weighted by molar-refractivity contribution is 7.88. The first-order chi connectivity index (χ1) is 12.8. The molecule has 0 aliphatic carbocycles. The topological polar surface area (TPSA) is 108 Å². The summed E-state index contributed by atoms with van der Waals surface area (Å²) in [4.78, 5) is 8.54. The van der Waals surface area contributed by atoms with Crippen LogP contribution in [-0.4, -0.2) is 53.4 Å². The van der Waals surface area contributed by atoms with Crippen molar-refractivity contribution in [3.63, 3.8) is 0 Å². The van der Waals surface area contributed by atoms with E-state index in [0.717, 1.165) is 0 Å². The Labute approximate surface area is 158 Å². The zero-order valence-electron chi connectivity index (χ0n) is 15.7. The molecule has 1 aliphatic rings. The van der Waals surface area contributed by atoms with E-state index in [1.165, 1.54) is 10.6 Å². The Hall–Kier alpha value is -2.04. The molecule has 0 radical (unpaired) electrons. The molecule has 0 N–H and O–H groups in total. The maximum Gasteiger partial charge on any atom is 0.255 e. The second kappa shape index (κ2) is 8.32. The van der Waals surface area contributed by atoms with E-state index in [9.17, 15) is 8.42 Å². The normalized spacial score (nSPS) is 20.3. The first-order valence-electron chi connectivity index (χ1n) is 8.84. The van der Waals surface area contributed by atoms with E-state index in [2.05, 4.69) is 15.1 Å². The zero-order valence-corrected chi connectivity index (χ0v) is 16.5. The van der Waals surface area contributed by atoms with Gasteiger partial charge < -0.3 is 14.0 Å². The van der Waals surface area contributed by atoms with Crippen LogP contribution in [0.4, 0.5) is 0 Å². The lowest BCUT2D eigenvalue weighted by Crippen LogP contribution is -2.36. The molecule has 0 spiro atoms. The SMILES string of the molecule is CCOc1cccc(CN(C[C@H]2CC[C@@H](c3nc(C)no3)O2)S(C)(=O)=O)n1. The lowest BCUT2D eigenvalue weighted by molar-refractivity contribution is 0.0171. The van der Waals surface area contributed by atoms with Crippen molar-refractivity contribution in [3.05, 3.63) is 35.6 Å². The van der Waals surface area contributed by atoms with Crippen molar-refractivity contribution in [2.75, 3.05) is 19.4 Å². The molecular weight excluding hydrogens is 372 g/mol. The van der Waals surface area contributed by atoms with Gasteiger partial charge in [0.1, 0.15) is 6.10 Å². The highest BCUT2D eigenvalue weighted by Gasteiger charge is 2.33. The quantitative estimate of drug-likeness (QED) is 0.665. The van der Waals surface area contributed by atoms with Gasteiger partial charge in [-0.1, -0.05) is 11.2 Å². The molecule has 0 unspecified atom stereocenters. The fraction of sp³-hybridized carbons (Fsp3) is 0.588. The number of hydrogen-bond donors (Lipinski definition) is 0. The molecule has 9 nitrogen and oxygen atoms in total. The molecule has 1 aliphatic heterocycles. The Morgan fingerprint density at radius 1 is 1.30 bits per heavy atom. The van der Waals surface area contributed by atoms with Crippen LogP contribution in [-0.2, 0) is 21.3 Å². The molecule has 1 fully saturated rings. The van der Waals surface area contributed by atoms with Gasteiger partial charge in [0.05, 0.1) is 31.2 Å². The van der Waals surface area contributed by atoms with Crippen molar-refractivity contribution in [2.45, 2.75) is 45.4 Å². The molecule has 27 heavy (non-hydrogen) atoms. The van der Waals surface area contributed by atoms with Crippen molar-refractivity contribution in [1.82, 2.24) is 19.4 Å². The predicted molar refractivity (Wildman–Crippen MR) is 96.5 cm³/mol. The van der Waals surface area contributed by atoms with Crippen LogP contribution in [0.25, 0.3) is 0 Å². The molecule has 3 rings (SSSR count). The number of ether oxygens (including phenoxy) is 2. The lowest BCUT2D eigenvalue weighted by atomic mass is 10.2. The average Bonchev–Trinajstić information content (AvgIpc) is 3.23. The fourth-order valence-electron chi connectivity index (χ4n) is 2.96. The van der Waals surface area contributed by atoms with E-state index in [-0.39, 0.29) is 25.3 Å². The summed E-state index contributed by atoms with van der Waals surface area (Å²) in [6, 6.07) is 5.32. The number of hydrogen-bond acceptors (Lipinski definition) is 8. The Morgan fingerprint density at radius 3 is 2.78 bits per heavy atom. The zero-order chi connectivity index (χ0) is 19.4. The smallest absolute Gasteiger partial charge is 0.255 e. The molecular formula is C17H24N4O5S. The van der Waals surface area contributed by atoms with Gasteiger partial charge >= 0.3 is 0 Å². The molecule has 0 bridgehead atoms. The van der Waals surface area contributed by atoms with Crippen LogP contribution in [0, 0.1) is 6.92 Å². The molecule has 0 amide bonds. The Morgan fingerprint density at radius 2 is 2.11 bits per heavy atom. The van der Waals surface area contributed by atoms with Crippen LogP contribution >= 0.6 is 0 Å². The van der Waals surface area contributed by atoms with E-state index in [4.69, 9.17) is 14.0 Å². The minimum Gasteiger partial charge on any atom is -0.478 e. The van der Waals surface area contributed by atoms with E-state index in [1.807, 2.05) is 6.92 Å². The number of nitrogens with zero attached hydrogens (tertiary/aromatic N) is 4. The second-order valence-corrected chi connectivity index (χ2v) is 8.44. The van der Waals surface area contributed by atoms with E-state index >= 15 is 0 Å². The molecule has 2 atom stereocenters. The van der Waals surface area contributed by atoms with Crippen LogP contribution < -0.4 is 4.74 Å². The molecule has 0 saturated carbocycles. The van der Waals surface area contributed by atoms with Crippen LogP contribution in [0.2, 0.25) is 0 Å². The number of pyridine rings is 1. The number of sulfonamides is 1. The van der Waals surface area contributed by atoms with Gasteiger partial charge in [0, 0.05) is 12.6 Å². The molecule has 2 aromatic heterocycles. The standard InChI is InChI=1S/C17H24N4O5S/c1-4-24-16-7-5-6-13(19-16)10-21(27(3,22)23)11-14-8-9-15(25-14)17-18-12(2)20-26-17/h5-7,14-15H,4,8-11H2,1-3H3/t14-,15+/m1/s1. The Bertz CT molecular complexity index is 870. The van der Waals surface area contributed by atoms with Gasteiger partial charge in [-0.2, -0.15) is 9.29 Å². The van der Waals surface area contributed by atoms with Crippen LogP contribution in [0.1, 0.15) is 43.3 Å². The first-order valence-corrected chi connectivity index (χ1v) is 10.7.